The third-order valence-corrected chi connectivity index (χ3v) is 3.65. The highest BCUT2D eigenvalue weighted by Crippen LogP contribution is 2.32. The van der Waals surface area contributed by atoms with Gasteiger partial charge in [0.25, 0.3) is 0 Å². The first-order valence-corrected chi connectivity index (χ1v) is 7.42. The number of ether oxygens (including phenoxy) is 1. The van der Waals surface area contributed by atoms with E-state index in [1.54, 1.807) is 7.11 Å². The van der Waals surface area contributed by atoms with Gasteiger partial charge in [0.15, 0.2) is 0 Å². The number of rotatable bonds is 6. The Balaban J connectivity index is 2.81. The number of halogens is 2. The fourth-order valence-corrected chi connectivity index (χ4v) is 3.22. The summed E-state index contributed by atoms with van der Waals surface area (Å²) in [5.74, 6) is 3.61. The van der Waals surface area contributed by atoms with Crippen LogP contribution in [0.4, 0.5) is 0 Å². The second kappa shape index (κ2) is 7.83. The lowest BCUT2D eigenvalue weighted by Crippen LogP contribution is -2.27. The third-order valence-electron chi connectivity index (χ3n) is 2.61. The lowest BCUT2D eigenvalue weighted by atomic mass is 10.1. The number of nitrogens with one attached hydrogen (secondary N) is 1. The van der Waals surface area contributed by atoms with Gasteiger partial charge in [-0.05, 0) is 34.5 Å². The highest BCUT2D eigenvalue weighted by Gasteiger charge is 2.10. The molecule has 0 fully saturated rings. The molecule has 0 aliphatic rings. The number of hydrogen-bond acceptors (Lipinski definition) is 2. The van der Waals surface area contributed by atoms with E-state index >= 15 is 0 Å². The average Bonchev–Trinajstić information content (AvgIpc) is 2.33. The molecule has 0 aliphatic carbocycles. The van der Waals surface area contributed by atoms with E-state index in [0.717, 1.165) is 33.1 Å². The van der Waals surface area contributed by atoms with Crippen LogP contribution >= 0.6 is 31.9 Å². The van der Waals surface area contributed by atoms with Crippen LogP contribution in [0.25, 0.3) is 0 Å². The second-order valence-electron chi connectivity index (χ2n) is 3.97. The van der Waals surface area contributed by atoms with Crippen molar-refractivity contribution in [1.29, 1.82) is 0 Å². The molecule has 1 rings (SSSR count). The van der Waals surface area contributed by atoms with Gasteiger partial charge in [0.05, 0.1) is 17.6 Å². The molecule has 0 saturated carbocycles. The zero-order valence-corrected chi connectivity index (χ0v) is 13.8. The molecule has 1 aromatic rings. The van der Waals surface area contributed by atoms with Crippen molar-refractivity contribution in [3.8, 4) is 18.1 Å². The van der Waals surface area contributed by atoms with Gasteiger partial charge in [-0.2, -0.15) is 0 Å². The largest absolute Gasteiger partial charge is 0.495 e. The summed E-state index contributed by atoms with van der Waals surface area (Å²) in [4.78, 5) is 0. The van der Waals surface area contributed by atoms with Crippen molar-refractivity contribution in [2.75, 3.05) is 7.11 Å². The van der Waals surface area contributed by atoms with Crippen LogP contribution in [0.3, 0.4) is 0 Å². The minimum Gasteiger partial charge on any atom is -0.495 e. The zero-order valence-electron chi connectivity index (χ0n) is 10.6. The molecular weight excluding hydrogens is 358 g/mol. The lowest BCUT2D eigenvalue weighted by Gasteiger charge is -2.15. The van der Waals surface area contributed by atoms with Crippen LogP contribution in [0.5, 0.6) is 5.75 Å². The molecule has 0 amide bonds. The van der Waals surface area contributed by atoms with Crippen LogP contribution in [-0.4, -0.2) is 13.2 Å². The molecule has 0 spiro atoms. The van der Waals surface area contributed by atoms with Gasteiger partial charge in [0, 0.05) is 16.6 Å². The summed E-state index contributed by atoms with van der Waals surface area (Å²) < 4.78 is 7.35. The van der Waals surface area contributed by atoms with E-state index in [1.165, 1.54) is 0 Å². The monoisotopic (exact) mass is 373 g/mol. The van der Waals surface area contributed by atoms with Crippen LogP contribution < -0.4 is 10.1 Å². The van der Waals surface area contributed by atoms with Crippen LogP contribution in [0.15, 0.2) is 21.1 Å². The molecule has 1 unspecified atom stereocenters. The topological polar surface area (TPSA) is 21.3 Å². The molecule has 0 radical (unpaired) electrons. The Labute approximate surface area is 126 Å². The maximum atomic E-state index is 5.49. The molecule has 18 heavy (non-hydrogen) atoms. The van der Waals surface area contributed by atoms with Crippen LogP contribution in [-0.2, 0) is 6.54 Å². The van der Waals surface area contributed by atoms with Gasteiger partial charge in [-0.25, -0.2) is 0 Å². The number of methoxy groups -OCH3 is 1. The molecule has 4 heteroatoms. The first-order valence-electron chi connectivity index (χ1n) is 5.83. The van der Waals surface area contributed by atoms with Crippen molar-refractivity contribution in [2.24, 2.45) is 0 Å². The normalized spacial score (nSPS) is 11.9. The van der Waals surface area contributed by atoms with Crippen molar-refractivity contribution in [3.05, 3.63) is 26.6 Å². The quantitative estimate of drug-likeness (QED) is 0.756. The fourth-order valence-electron chi connectivity index (χ4n) is 1.74. The van der Waals surface area contributed by atoms with Gasteiger partial charge in [-0.15, -0.1) is 6.42 Å². The van der Waals surface area contributed by atoms with Crippen molar-refractivity contribution in [2.45, 2.75) is 32.4 Å². The van der Waals surface area contributed by atoms with Gasteiger partial charge < -0.3 is 4.74 Å². The number of terminal acetylenes is 1. The predicted molar refractivity (Wildman–Crippen MR) is 82.8 cm³/mol. The van der Waals surface area contributed by atoms with Crippen molar-refractivity contribution in [3.63, 3.8) is 0 Å². The number of hydrogen-bond donors (Lipinski definition) is 1. The summed E-state index contributed by atoms with van der Waals surface area (Å²) in [6.07, 6.45) is 7.54. The summed E-state index contributed by atoms with van der Waals surface area (Å²) in [5.41, 5.74) is 1.08. The molecule has 98 valence electrons. The average molecular weight is 375 g/mol. The van der Waals surface area contributed by atoms with Crippen molar-refractivity contribution < 1.29 is 4.74 Å². The summed E-state index contributed by atoms with van der Waals surface area (Å²) in [5, 5.41) is 3.36. The van der Waals surface area contributed by atoms with Crippen molar-refractivity contribution in [1.82, 2.24) is 5.32 Å². The molecule has 1 aromatic carbocycles. The third kappa shape index (κ3) is 4.31. The van der Waals surface area contributed by atoms with E-state index in [2.05, 4.69) is 50.0 Å². The summed E-state index contributed by atoms with van der Waals surface area (Å²) in [6, 6.07) is 4.11. The van der Waals surface area contributed by atoms with E-state index in [4.69, 9.17) is 11.2 Å². The maximum Gasteiger partial charge on any atom is 0.137 e. The predicted octanol–water partition coefficient (Wildman–Crippen LogP) is 4.11. The molecule has 0 heterocycles. The molecular formula is C14H17Br2NO. The zero-order chi connectivity index (χ0) is 13.5. The molecule has 2 nitrogen and oxygen atoms in total. The minimum atomic E-state index is 0.109. The standard InChI is InChI=1S/C14H17Br2NO/c1-4-6-12(5-2)17-9-10-7-11(15)8-13(16)14(10)18-3/h2,7-8,12,17H,4,6,9H2,1,3H3. The van der Waals surface area contributed by atoms with E-state index in [1.807, 2.05) is 12.1 Å². The molecule has 1 atom stereocenters. The van der Waals surface area contributed by atoms with Crippen molar-refractivity contribution >= 4 is 31.9 Å². The van der Waals surface area contributed by atoms with Crippen LogP contribution in [0.2, 0.25) is 0 Å². The van der Waals surface area contributed by atoms with Crippen LogP contribution in [0.1, 0.15) is 25.3 Å². The molecule has 0 saturated heterocycles. The van der Waals surface area contributed by atoms with Gasteiger partial charge in [-0.1, -0.05) is 35.2 Å². The van der Waals surface area contributed by atoms with E-state index in [-0.39, 0.29) is 6.04 Å². The minimum absolute atomic E-state index is 0.109. The SMILES string of the molecule is C#CC(CCC)NCc1cc(Br)cc(Br)c1OC. The second-order valence-corrected chi connectivity index (χ2v) is 5.74. The van der Waals surface area contributed by atoms with Gasteiger partial charge in [0.2, 0.25) is 0 Å². The highest BCUT2D eigenvalue weighted by atomic mass is 79.9. The van der Waals surface area contributed by atoms with Gasteiger partial charge >= 0.3 is 0 Å². The van der Waals surface area contributed by atoms with E-state index in [9.17, 15) is 0 Å². The Kier molecular flexibility index (Phi) is 6.77. The first-order chi connectivity index (χ1) is 8.62. The Bertz CT molecular complexity index is 440. The maximum absolute atomic E-state index is 5.49. The molecule has 0 aromatic heterocycles. The van der Waals surface area contributed by atoms with E-state index < -0.39 is 0 Å². The molecule has 0 aliphatic heterocycles. The molecule has 0 bridgehead atoms. The fraction of sp³-hybridized carbons (Fsp3) is 0.429. The lowest BCUT2D eigenvalue weighted by molar-refractivity contribution is 0.403. The van der Waals surface area contributed by atoms with Gasteiger partial charge in [0.1, 0.15) is 5.75 Å². The molecule has 1 N–H and O–H groups in total. The highest BCUT2D eigenvalue weighted by molar-refractivity contribution is 9.11. The summed E-state index contributed by atoms with van der Waals surface area (Å²) in [6.45, 7) is 2.82. The van der Waals surface area contributed by atoms with Crippen LogP contribution in [0, 0.1) is 12.3 Å². The van der Waals surface area contributed by atoms with Gasteiger partial charge in [-0.3, -0.25) is 5.32 Å². The Morgan fingerprint density at radius 3 is 2.72 bits per heavy atom. The summed E-state index contributed by atoms with van der Waals surface area (Å²) in [7, 11) is 1.67. The first kappa shape index (κ1) is 15.6. The Morgan fingerprint density at radius 2 is 2.17 bits per heavy atom. The Hall–Kier alpha value is -0.500. The van der Waals surface area contributed by atoms with E-state index in [0.29, 0.717) is 6.54 Å². The Morgan fingerprint density at radius 1 is 1.44 bits per heavy atom. The number of benzene rings is 1. The summed E-state index contributed by atoms with van der Waals surface area (Å²) >= 11 is 6.97. The smallest absolute Gasteiger partial charge is 0.137 e.